The molecule has 17 heavy (non-hydrogen) atoms. The zero-order chi connectivity index (χ0) is 13.2. The van der Waals surface area contributed by atoms with Gasteiger partial charge in [0.1, 0.15) is 5.69 Å². The summed E-state index contributed by atoms with van der Waals surface area (Å²) in [6, 6.07) is 0.0264. The number of hydrogen-bond donors (Lipinski definition) is 1. The van der Waals surface area contributed by atoms with E-state index in [-0.39, 0.29) is 18.3 Å². The minimum Gasteiger partial charge on any atom is -0.395 e. The monoisotopic (exact) mass is 242 g/mol. The van der Waals surface area contributed by atoms with E-state index in [1.165, 1.54) is 0 Å². The van der Waals surface area contributed by atoms with Crippen molar-refractivity contribution < 1.29 is 10.0 Å². The molecule has 0 atom stereocenters. The number of aliphatic hydroxyl groups is 1. The molecular formula is C10H18N4O3. The predicted octanol–water partition coefficient (Wildman–Crippen LogP) is 1.11. The van der Waals surface area contributed by atoms with Crippen LogP contribution in [-0.2, 0) is 0 Å². The van der Waals surface area contributed by atoms with E-state index >= 15 is 0 Å². The predicted molar refractivity (Wildman–Crippen MR) is 64.4 cm³/mol. The smallest absolute Gasteiger partial charge is 0.333 e. The lowest BCUT2D eigenvalue weighted by Crippen LogP contribution is -2.25. The Morgan fingerprint density at radius 2 is 2.18 bits per heavy atom. The van der Waals surface area contributed by atoms with Crippen LogP contribution in [0.25, 0.3) is 0 Å². The fourth-order valence-corrected chi connectivity index (χ4v) is 1.71. The summed E-state index contributed by atoms with van der Waals surface area (Å²) in [5.41, 5.74) is 0.401. The summed E-state index contributed by atoms with van der Waals surface area (Å²) in [6.45, 7) is 5.71. The number of anilines is 1. The molecule has 1 rings (SSSR count). The summed E-state index contributed by atoms with van der Waals surface area (Å²) < 4.78 is 1.61. The normalized spacial score (nSPS) is 10.9. The first kappa shape index (κ1) is 13.4. The molecule has 1 aromatic heterocycles. The molecule has 1 heterocycles. The van der Waals surface area contributed by atoms with Gasteiger partial charge in [-0.25, -0.2) is 4.68 Å². The Morgan fingerprint density at radius 1 is 1.59 bits per heavy atom. The summed E-state index contributed by atoms with van der Waals surface area (Å²) in [6.07, 6.45) is 0. The third-order valence-electron chi connectivity index (χ3n) is 2.50. The molecule has 0 unspecified atom stereocenters. The second-order valence-corrected chi connectivity index (χ2v) is 4.20. The minimum absolute atomic E-state index is 0.00894. The summed E-state index contributed by atoms with van der Waals surface area (Å²) in [5.74, 6) is 0.441. The Hall–Kier alpha value is -1.63. The standard InChI is InChI=1S/C10H18N4O3/c1-7(2)13-10(12(4)5-6-15)9(14(16)17)8(3)11-13/h7,15H,5-6H2,1-4H3. The maximum atomic E-state index is 11.1. The zero-order valence-electron chi connectivity index (χ0n) is 10.5. The van der Waals surface area contributed by atoms with E-state index in [2.05, 4.69) is 5.10 Å². The zero-order valence-corrected chi connectivity index (χ0v) is 10.5. The van der Waals surface area contributed by atoms with Crippen LogP contribution in [0.4, 0.5) is 11.5 Å². The largest absolute Gasteiger partial charge is 0.395 e. The Balaban J connectivity index is 3.34. The number of rotatable bonds is 5. The van der Waals surface area contributed by atoms with Gasteiger partial charge >= 0.3 is 5.69 Å². The Labute approximate surface area is 99.8 Å². The fraction of sp³-hybridized carbons (Fsp3) is 0.700. The molecule has 0 aliphatic heterocycles. The minimum atomic E-state index is -0.426. The molecular weight excluding hydrogens is 224 g/mol. The topological polar surface area (TPSA) is 84.4 Å². The summed E-state index contributed by atoms with van der Waals surface area (Å²) in [5, 5.41) is 24.2. The Morgan fingerprint density at radius 3 is 2.59 bits per heavy atom. The van der Waals surface area contributed by atoms with Gasteiger partial charge in [0.2, 0.25) is 5.82 Å². The molecule has 0 aromatic carbocycles. The third kappa shape index (κ3) is 2.55. The van der Waals surface area contributed by atoms with Crippen LogP contribution in [0.2, 0.25) is 0 Å². The lowest BCUT2D eigenvalue weighted by atomic mass is 10.3. The van der Waals surface area contributed by atoms with Crippen molar-refractivity contribution in [2.45, 2.75) is 26.8 Å². The van der Waals surface area contributed by atoms with Crippen LogP contribution in [0.1, 0.15) is 25.6 Å². The first-order valence-electron chi connectivity index (χ1n) is 5.45. The summed E-state index contributed by atoms with van der Waals surface area (Å²) in [4.78, 5) is 12.3. The molecule has 7 nitrogen and oxygen atoms in total. The van der Waals surface area contributed by atoms with Gasteiger partial charge in [0.15, 0.2) is 0 Å². The Kier molecular flexibility index (Phi) is 4.06. The van der Waals surface area contributed by atoms with Crippen LogP contribution in [0.15, 0.2) is 0 Å². The van der Waals surface area contributed by atoms with Gasteiger partial charge in [0.25, 0.3) is 0 Å². The van der Waals surface area contributed by atoms with Crippen molar-refractivity contribution in [2.75, 3.05) is 25.1 Å². The third-order valence-corrected chi connectivity index (χ3v) is 2.50. The number of likely N-dealkylation sites (N-methyl/N-ethyl adjacent to an activating group) is 1. The van der Waals surface area contributed by atoms with Crippen molar-refractivity contribution in [3.8, 4) is 0 Å². The van der Waals surface area contributed by atoms with Crippen LogP contribution in [0, 0.1) is 17.0 Å². The van der Waals surface area contributed by atoms with Crippen LogP contribution in [-0.4, -0.2) is 40.0 Å². The lowest BCUT2D eigenvalue weighted by molar-refractivity contribution is -0.384. The summed E-state index contributed by atoms with van der Waals surface area (Å²) in [7, 11) is 1.71. The lowest BCUT2D eigenvalue weighted by Gasteiger charge is -2.20. The average molecular weight is 242 g/mol. The average Bonchev–Trinajstić information content (AvgIpc) is 2.56. The maximum Gasteiger partial charge on any atom is 0.333 e. The quantitative estimate of drug-likeness (QED) is 0.617. The van der Waals surface area contributed by atoms with Crippen molar-refractivity contribution in [1.82, 2.24) is 9.78 Å². The number of nitro groups is 1. The first-order chi connectivity index (χ1) is 7.90. The highest BCUT2D eigenvalue weighted by molar-refractivity contribution is 5.61. The molecule has 0 spiro atoms. The van der Waals surface area contributed by atoms with Gasteiger partial charge in [0, 0.05) is 19.6 Å². The van der Waals surface area contributed by atoms with Crippen molar-refractivity contribution in [3.63, 3.8) is 0 Å². The molecule has 96 valence electrons. The van der Waals surface area contributed by atoms with Gasteiger partial charge in [0.05, 0.1) is 11.5 Å². The maximum absolute atomic E-state index is 11.1. The molecule has 0 fully saturated rings. The molecule has 0 saturated heterocycles. The molecule has 7 heteroatoms. The van der Waals surface area contributed by atoms with E-state index in [0.717, 1.165) is 0 Å². The highest BCUT2D eigenvalue weighted by Crippen LogP contribution is 2.32. The van der Waals surface area contributed by atoms with Gasteiger partial charge in [-0.1, -0.05) is 0 Å². The summed E-state index contributed by atoms with van der Waals surface area (Å²) >= 11 is 0. The number of nitrogens with zero attached hydrogens (tertiary/aromatic N) is 4. The first-order valence-corrected chi connectivity index (χ1v) is 5.45. The molecule has 0 radical (unpaired) electrons. The number of aliphatic hydroxyl groups excluding tert-OH is 1. The van der Waals surface area contributed by atoms with Crippen molar-refractivity contribution >= 4 is 11.5 Å². The van der Waals surface area contributed by atoms with Gasteiger partial charge in [-0.2, -0.15) is 5.10 Å². The highest BCUT2D eigenvalue weighted by atomic mass is 16.6. The Bertz CT molecular complexity index is 414. The van der Waals surface area contributed by atoms with Gasteiger partial charge in [-0.05, 0) is 20.8 Å². The van der Waals surface area contributed by atoms with Crippen molar-refractivity contribution in [2.24, 2.45) is 0 Å². The molecule has 0 aliphatic rings. The fourth-order valence-electron chi connectivity index (χ4n) is 1.71. The van der Waals surface area contributed by atoms with E-state index in [1.807, 2.05) is 13.8 Å². The van der Waals surface area contributed by atoms with E-state index < -0.39 is 4.92 Å². The van der Waals surface area contributed by atoms with Crippen LogP contribution in [0.5, 0.6) is 0 Å². The van der Waals surface area contributed by atoms with Gasteiger partial charge < -0.3 is 10.0 Å². The molecule has 0 saturated carbocycles. The number of aromatic nitrogens is 2. The molecule has 0 bridgehead atoms. The van der Waals surface area contributed by atoms with Crippen LogP contribution < -0.4 is 4.90 Å². The van der Waals surface area contributed by atoms with E-state index in [1.54, 1.807) is 23.6 Å². The molecule has 0 aliphatic carbocycles. The van der Waals surface area contributed by atoms with E-state index in [0.29, 0.717) is 18.1 Å². The highest BCUT2D eigenvalue weighted by Gasteiger charge is 2.28. The van der Waals surface area contributed by atoms with Crippen LogP contribution in [0.3, 0.4) is 0 Å². The number of hydrogen-bond acceptors (Lipinski definition) is 5. The molecule has 1 N–H and O–H groups in total. The van der Waals surface area contributed by atoms with E-state index in [4.69, 9.17) is 5.11 Å². The SMILES string of the molecule is Cc1nn(C(C)C)c(N(C)CCO)c1[N+](=O)[O-]. The molecule has 0 amide bonds. The van der Waals surface area contributed by atoms with Gasteiger partial charge in [-0.15, -0.1) is 0 Å². The van der Waals surface area contributed by atoms with Crippen molar-refractivity contribution in [1.29, 1.82) is 0 Å². The van der Waals surface area contributed by atoms with E-state index in [9.17, 15) is 10.1 Å². The molecule has 1 aromatic rings. The van der Waals surface area contributed by atoms with Gasteiger partial charge in [-0.3, -0.25) is 10.1 Å². The van der Waals surface area contributed by atoms with Crippen LogP contribution >= 0.6 is 0 Å². The van der Waals surface area contributed by atoms with Crippen molar-refractivity contribution in [3.05, 3.63) is 15.8 Å². The number of aryl methyl sites for hydroxylation is 1. The second-order valence-electron chi connectivity index (χ2n) is 4.20. The second kappa shape index (κ2) is 5.13.